The topological polar surface area (TPSA) is 96.0 Å². The van der Waals surface area contributed by atoms with E-state index in [0.29, 0.717) is 24.5 Å². The van der Waals surface area contributed by atoms with Crippen LogP contribution >= 0.6 is 0 Å². The number of benzene rings is 3. The van der Waals surface area contributed by atoms with Gasteiger partial charge >= 0.3 is 0 Å². The molecule has 0 heterocycles. The first-order valence-corrected chi connectivity index (χ1v) is 16.1. The molecule has 1 aliphatic carbocycles. The van der Waals surface area contributed by atoms with Crippen LogP contribution in [-0.2, 0) is 26.2 Å². The quantitative estimate of drug-likeness (QED) is 0.285. The lowest BCUT2D eigenvalue weighted by molar-refractivity contribution is -0.140. The molecule has 9 heteroatoms. The lowest BCUT2D eigenvalue weighted by Crippen LogP contribution is -2.53. The molecule has 8 nitrogen and oxygen atoms in total. The van der Waals surface area contributed by atoms with Crippen molar-refractivity contribution >= 4 is 27.5 Å². The maximum Gasteiger partial charge on any atom is 0.264 e. The van der Waals surface area contributed by atoms with Crippen molar-refractivity contribution in [3.63, 3.8) is 0 Å². The summed E-state index contributed by atoms with van der Waals surface area (Å²) in [6.07, 6.45) is 4.40. The number of carbonyl (C=O) groups excluding carboxylic acids is 2. The standard InChI is InChI=1S/C33H41N3O5S/c1-4-31(33(38)34-27-13-9-10-14-27)35(23-26-11-7-6-8-12-26)32(37)24-36(28-17-15-25(3)16-18-28)42(39,40)30-21-19-29(20-22-30)41-5-2/h6-8,11-12,15-22,27,31H,4-5,9-10,13-14,23-24H2,1-3H3,(H,34,38). The van der Waals surface area contributed by atoms with Crippen molar-refractivity contribution in [2.45, 2.75) is 76.4 Å². The molecule has 0 radical (unpaired) electrons. The highest BCUT2D eigenvalue weighted by Gasteiger charge is 2.34. The van der Waals surface area contributed by atoms with Crippen LogP contribution in [-0.4, -0.2) is 50.4 Å². The molecule has 1 N–H and O–H groups in total. The van der Waals surface area contributed by atoms with E-state index in [4.69, 9.17) is 4.74 Å². The fraction of sp³-hybridized carbons (Fsp3) is 0.394. The third-order valence-corrected chi connectivity index (χ3v) is 9.39. The van der Waals surface area contributed by atoms with E-state index in [0.717, 1.165) is 41.1 Å². The molecule has 3 aromatic rings. The van der Waals surface area contributed by atoms with Crippen molar-refractivity contribution in [1.82, 2.24) is 10.2 Å². The van der Waals surface area contributed by atoms with Crippen molar-refractivity contribution in [3.05, 3.63) is 90.0 Å². The molecule has 0 aromatic heterocycles. The molecule has 1 saturated carbocycles. The Hall–Kier alpha value is -3.85. The van der Waals surface area contributed by atoms with Crippen molar-refractivity contribution < 1.29 is 22.7 Å². The third-order valence-electron chi connectivity index (χ3n) is 7.61. The van der Waals surface area contributed by atoms with Crippen LogP contribution in [0.2, 0.25) is 0 Å². The normalized spacial score (nSPS) is 14.3. The second kappa shape index (κ2) is 14.4. The molecule has 1 aliphatic rings. The Bertz CT molecular complexity index is 1420. The van der Waals surface area contributed by atoms with E-state index >= 15 is 0 Å². The molecule has 1 atom stereocenters. The van der Waals surface area contributed by atoms with Gasteiger partial charge in [-0.25, -0.2) is 8.42 Å². The predicted molar refractivity (Wildman–Crippen MR) is 165 cm³/mol. The van der Waals surface area contributed by atoms with Gasteiger partial charge in [0.2, 0.25) is 11.8 Å². The molecule has 0 spiro atoms. The summed E-state index contributed by atoms with van der Waals surface area (Å²) in [7, 11) is -4.14. The summed E-state index contributed by atoms with van der Waals surface area (Å²) in [6.45, 7) is 5.82. The van der Waals surface area contributed by atoms with Crippen LogP contribution in [0.15, 0.2) is 83.8 Å². The van der Waals surface area contributed by atoms with Gasteiger partial charge in [0.25, 0.3) is 10.0 Å². The van der Waals surface area contributed by atoms with E-state index in [9.17, 15) is 18.0 Å². The first-order valence-electron chi connectivity index (χ1n) is 14.7. The van der Waals surface area contributed by atoms with Crippen LogP contribution in [0.3, 0.4) is 0 Å². The van der Waals surface area contributed by atoms with Crippen LogP contribution in [0.5, 0.6) is 5.75 Å². The largest absolute Gasteiger partial charge is 0.494 e. The summed E-state index contributed by atoms with van der Waals surface area (Å²) >= 11 is 0. The van der Waals surface area contributed by atoms with Crippen LogP contribution in [0.25, 0.3) is 0 Å². The number of ether oxygens (including phenoxy) is 1. The van der Waals surface area contributed by atoms with Gasteiger partial charge < -0.3 is 15.0 Å². The number of nitrogens with zero attached hydrogens (tertiary/aromatic N) is 2. The molecule has 0 saturated heterocycles. The van der Waals surface area contributed by atoms with E-state index in [1.807, 2.05) is 63.2 Å². The minimum atomic E-state index is -4.14. The first-order chi connectivity index (χ1) is 20.2. The van der Waals surface area contributed by atoms with Gasteiger partial charge in [0.05, 0.1) is 17.2 Å². The molecule has 1 fully saturated rings. The second-order valence-electron chi connectivity index (χ2n) is 10.7. The smallest absolute Gasteiger partial charge is 0.264 e. The average Bonchev–Trinajstić information content (AvgIpc) is 3.50. The zero-order chi connectivity index (χ0) is 30.1. The Morgan fingerprint density at radius 3 is 2.17 bits per heavy atom. The SMILES string of the molecule is CCOc1ccc(S(=O)(=O)N(CC(=O)N(Cc2ccccc2)C(CC)C(=O)NC2CCCC2)c2ccc(C)cc2)cc1. The van der Waals surface area contributed by atoms with Crippen molar-refractivity contribution in [1.29, 1.82) is 0 Å². The Kier molecular flexibility index (Phi) is 10.6. The van der Waals surface area contributed by atoms with Crippen molar-refractivity contribution in [3.8, 4) is 5.75 Å². The number of aryl methyl sites for hydroxylation is 1. The van der Waals surface area contributed by atoms with Crippen molar-refractivity contribution in [2.75, 3.05) is 17.5 Å². The molecular weight excluding hydrogens is 550 g/mol. The fourth-order valence-electron chi connectivity index (χ4n) is 5.31. The molecule has 0 aliphatic heterocycles. The van der Waals surface area contributed by atoms with Crippen LogP contribution in [0, 0.1) is 6.92 Å². The monoisotopic (exact) mass is 591 g/mol. The summed E-state index contributed by atoms with van der Waals surface area (Å²) in [6, 6.07) is 22.0. The van der Waals surface area contributed by atoms with Gasteiger partial charge in [-0.05, 0) is 75.1 Å². The van der Waals surface area contributed by atoms with Gasteiger partial charge in [-0.3, -0.25) is 13.9 Å². The van der Waals surface area contributed by atoms with Crippen molar-refractivity contribution in [2.24, 2.45) is 0 Å². The van der Waals surface area contributed by atoms with Gasteiger partial charge in [0.15, 0.2) is 0 Å². The van der Waals surface area contributed by atoms with Gasteiger partial charge in [0, 0.05) is 12.6 Å². The number of anilines is 1. The van der Waals surface area contributed by atoms with Gasteiger partial charge in [0.1, 0.15) is 18.3 Å². The number of amides is 2. The summed E-state index contributed by atoms with van der Waals surface area (Å²) in [4.78, 5) is 29.3. The average molecular weight is 592 g/mol. The number of nitrogens with one attached hydrogen (secondary N) is 1. The minimum absolute atomic E-state index is 0.0416. The molecule has 3 aromatic carbocycles. The third kappa shape index (κ3) is 7.70. The Labute approximate surface area is 249 Å². The van der Waals surface area contributed by atoms with Gasteiger partial charge in [-0.2, -0.15) is 0 Å². The summed E-state index contributed by atoms with van der Waals surface area (Å²) in [5, 5.41) is 3.14. The Morgan fingerprint density at radius 2 is 1.57 bits per heavy atom. The van der Waals surface area contributed by atoms with Crippen LogP contribution in [0.4, 0.5) is 5.69 Å². The lowest BCUT2D eigenvalue weighted by atomic mass is 10.1. The molecular formula is C33H41N3O5S. The Balaban J connectivity index is 1.69. The van der Waals surface area contributed by atoms with Crippen LogP contribution in [0.1, 0.15) is 57.1 Å². The molecule has 224 valence electrons. The van der Waals surface area contributed by atoms with Gasteiger partial charge in [-0.15, -0.1) is 0 Å². The highest BCUT2D eigenvalue weighted by molar-refractivity contribution is 7.92. The number of hydrogen-bond acceptors (Lipinski definition) is 5. The minimum Gasteiger partial charge on any atom is -0.494 e. The summed E-state index contributed by atoms with van der Waals surface area (Å²) < 4.78 is 34.7. The van der Waals surface area contributed by atoms with Crippen LogP contribution < -0.4 is 14.4 Å². The van der Waals surface area contributed by atoms with E-state index in [1.165, 1.54) is 17.0 Å². The molecule has 2 amide bonds. The molecule has 42 heavy (non-hydrogen) atoms. The Morgan fingerprint density at radius 1 is 0.929 bits per heavy atom. The highest BCUT2D eigenvalue weighted by atomic mass is 32.2. The number of hydrogen-bond donors (Lipinski definition) is 1. The van der Waals surface area contributed by atoms with E-state index in [1.54, 1.807) is 24.3 Å². The zero-order valence-electron chi connectivity index (χ0n) is 24.7. The summed E-state index contributed by atoms with van der Waals surface area (Å²) in [5.41, 5.74) is 2.18. The van der Waals surface area contributed by atoms with E-state index in [-0.39, 0.29) is 23.4 Å². The van der Waals surface area contributed by atoms with E-state index < -0.39 is 28.5 Å². The second-order valence-corrected chi connectivity index (χ2v) is 12.5. The first kappa shape index (κ1) is 31.1. The predicted octanol–water partition coefficient (Wildman–Crippen LogP) is 5.46. The number of carbonyl (C=O) groups is 2. The summed E-state index contributed by atoms with van der Waals surface area (Å²) in [5.74, 6) is -0.102. The fourth-order valence-corrected chi connectivity index (χ4v) is 6.72. The molecule has 4 rings (SSSR count). The van der Waals surface area contributed by atoms with Gasteiger partial charge in [-0.1, -0.05) is 67.8 Å². The maximum atomic E-state index is 14.2. The maximum absolute atomic E-state index is 14.2. The zero-order valence-corrected chi connectivity index (χ0v) is 25.5. The number of rotatable bonds is 13. The highest BCUT2D eigenvalue weighted by Crippen LogP contribution is 2.27. The molecule has 0 bridgehead atoms. The lowest BCUT2D eigenvalue weighted by Gasteiger charge is -2.33. The molecule has 1 unspecified atom stereocenters. The number of sulfonamides is 1. The van der Waals surface area contributed by atoms with E-state index in [2.05, 4.69) is 5.32 Å².